The van der Waals surface area contributed by atoms with Gasteiger partial charge in [0, 0.05) is 12.3 Å². The normalized spacial score (nSPS) is 11.1. The maximum absolute atomic E-state index is 13.3. The lowest BCUT2D eigenvalue weighted by atomic mass is 10.3. The number of aromatic amines is 1. The third-order valence-corrected chi connectivity index (χ3v) is 3.58. The van der Waals surface area contributed by atoms with Crippen molar-refractivity contribution >= 4 is 38.3 Å². The predicted octanol–water partition coefficient (Wildman–Crippen LogP) is 3.59. The number of hydrogen-bond donors (Lipinski definition) is 1. The summed E-state index contributed by atoms with van der Waals surface area (Å²) in [6, 6.07) is 3.09. The molecule has 0 radical (unpaired) electrons. The maximum Gasteiger partial charge on any atom is 0.150 e. The molecule has 2 heterocycles. The van der Waals surface area contributed by atoms with Gasteiger partial charge in [-0.2, -0.15) is 0 Å². The van der Waals surface area contributed by atoms with Crippen molar-refractivity contribution in [3.05, 3.63) is 34.1 Å². The predicted molar refractivity (Wildman–Crippen MR) is 64.9 cm³/mol. The first-order valence-corrected chi connectivity index (χ1v) is 6.15. The number of aromatic nitrogens is 3. The minimum atomic E-state index is -0.299. The quantitative estimate of drug-likeness (QED) is 0.746. The van der Waals surface area contributed by atoms with Crippen molar-refractivity contribution in [3.8, 4) is 10.7 Å². The summed E-state index contributed by atoms with van der Waals surface area (Å²) in [4.78, 5) is 12.4. The highest BCUT2D eigenvalue weighted by molar-refractivity contribution is 9.10. The van der Waals surface area contributed by atoms with Gasteiger partial charge in [0.1, 0.15) is 11.6 Å². The molecular formula is C10H5BrFN3S. The highest BCUT2D eigenvalue weighted by Crippen LogP contribution is 2.26. The third kappa shape index (κ3) is 1.54. The number of benzene rings is 1. The molecule has 1 aromatic carbocycles. The number of fused-ring (bicyclic) bond motifs is 1. The topological polar surface area (TPSA) is 41.6 Å². The lowest BCUT2D eigenvalue weighted by molar-refractivity contribution is 0.623. The molecule has 6 heteroatoms. The van der Waals surface area contributed by atoms with Gasteiger partial charge in [0.25, 0.3) is 0 Å². The van der Waals surface area contributed by atoms with Gasteiger partial charge in [-0.15, -0.1) is 11.3 Å². The van der Waals surface area contributed by atoms with E-state index >= 15 is 0 Å². The van der Waals surface area contributed by atoms with Crippen molar-refractivity contribution in [2.75, 3.05) is 0 Å². The summed E-state index contributed by atoms with van der Waals surface area (Å²) in [5.41, 5.74) is 3.15. The van der Waals surface area contributed by atoms with Crippen molar-refractivity contribution in [1.82, 2.24) is 15.0 Å². The standard InChI is InChI=1S/C10H5BrFN3S/c11-5-1-7-8(2-6(5)12)15-10(14-7)9-3-13-4-16-9/h1-4H,(H,14,15). The first-order chi connectivity index (χ1) is 7.74. The van der Waals surface area contributed by atoms with Gasteiger partial charge >= 0.3 is 0 Å². The molecule has 3 aromatic rings. The average molecular weight is 298 g/mol. The van der Waals surface area contributed by atoms with E-state index in [2.05, 4.69) is 30.9 Å². The fourth-order valence-electron chi connectivity index (χ4n) is 1.45. The van der Waals surface area contributed by atoms with E-state index in [0.717, 1.165) is 16.2 Å². The molecule has 80 valence electrons. The molecule has 16 heavy (non-hydrogen) atoms. The fraction of sp³-hybridized carbons (Fsp3) is 0. The summed E-state index contributed by atoms with van der Waals surface area (Å²) in [7, 11) is 0. The summed E-state index contributed by atoms with van der Waals surface area (Å²) in [5.74, 6) is 0.419. The molecule has 0 amide bonds. The minimum absolute atomic E-state index is 0.299. The smallest absolute Gasteiger partial charge is 0.150 e. The van der Waals surface area contributed by atoms with Crippen molar-refractivity contribution in [3.63, 3.8) is 0 Å². The molecule has 3 nitrogen and oxygen atoms in total. The second kappa shape index (κ2) is 3.64. The number of H-pyrrole nitrogens is 1. The second-order valence-electron chi connectivity index (χ2n) is 3.23. The summed E-state index contributed by atoms with van der Waals surface area (Å²) < 4.78 is 13.7. The maximum atomic E-state index is 13.3. The largest absolute Gasteiger partial charge is 0.337 e. The van der Waals surface area contributed by atoms with Gasteiger partial charge in [-0.25, -0.2) is 9.37 Å². The van der Waals surface area contributed by atoms with Gasteiger partial charge in [-0.3, -0.25) is 4.98 Å². The van der Waals surface area contributed by atoms with E-state index < -0.39 is 0 Å². The number of nitrogens with one attached hydrogen (secondary N) is 1. The monoisotopic (exact) mass is 297 g/mol. The molecule has 3 rings (SSSR count). The molecule has 0 atom stereocenters. The van der Waals surface area contributed by atoms with Gasteiger partial charge < -0.3 is 4.98 Å². The van der Waals surface area contributed by atoms with Gasteiger partial charge in [0.15, 0.2) is 0 Å². The van der Waals surface area contributed by atoms with Crippen LogP contribution in [0.3, 0.4) is 0 Å². The van der Waals surface area contributed by atoms with Crippen LogP contribution in [0.15, 0.2) is 28.3 Å². The van der Waals surface area contributed by atoms with Crippen LogP contribution in [-0.4, -0.2) is 15.0 Å². The Labute approximate surface area is 102 Å². The van der Waals surface area contributed by atoms with Crippen LogP contribution >= 0.6 is 27.3 Å². The Morgan fingerprint density at radius 1 is 1.38 bits per heavy atom. The van der Waals surface area contributed by atoms with Crippen molar-refractivity contribution < 1.29 is 4.39 Å². The lowest BCUT2D eigenvalue weighted by Gasteiger charge is -1.92. The van der Waals surface area contributed by atoms with Crippen molar-refractivity contribution in [1.29, 1.82) is 0 Å². The lowest BCUT2D eigenvalue weighted by Crippen LogP contribution is -1.77. The third-order valence-electron chi connectivity index (χ3n) is 2.19. The van der Waals surface area contributed by atoms with E-state index in [0.29, 0.717) is 9.99 Å². The number of halogens is 2. The number of rotatable bonds is 1. The molecule has 0 spiro atoms. The minimum Gasteiger partial charge on any atom is -0.337 e. The van der Waals surface area contributed by atoms with Crippen LogP contribution in [0.1, 0.15) is 0 Å². The first-order valence-electron chi connectivity index (χ1n) is 4.47. The molecule has 1 N–H and O–H groups in total. The van der Waals surface area contributed by atoms with E-state index in [1.165, 1.54) is 17.4 Å². The molecule has 0 saturated heterocycles. The number of nitrogens with zero attached hydrogens (tertiary/aromatic N) is 2. The fourth-order valence-corrected chi connectivity index (χ4v) is 2.35. The number of thiazole rings is 1. The van der Waals surface area contributed by atoms with Crippen LogP contribution in [0, 0.1) is 5.82 Å². The summed E-state index contributed by atoms with van der Waals surface area (Å²) in [5, 5.41) is 0. The van der Waals surface area contributed by atoms with Crippen LogP contribution in [0.5, 0.6) is 0 Å². The van der Waals surface area contributed by atoms with E-state index in [1.54, 1.807) is 17.8 Å². The van der Waals surface area contributed by atoms with Gasteiger partial charge in [0.2, 0.25) is 0 Å². The van der Waals surface area contributed by atoms with Crippen LogP contribution < -0.4 is 0 Å². The van der Waals surface area contributed by atoms with Crippen LogP contribution in [0.25, 0.3) is 21.7 Å². The molecule has 0 bridgehead atoms. The Morgan fingerprint density at radius 2 is 2.25 bits per heavy atom. The number of hydrogen-bond acceptors (Lipinski definition) is 3. The van der Waals surface area contributed by atoms with Crippen LogP contribution in [-0.2, 0) is 0 Å². The first kappa shape index (κ1) is 9.92. The van der Waals surface area contributed by atoms with Crippen molar-refractivity contribution in [2.45, 2.75) is 0 Å². The summed E-state index contributed by atoms with van der Waals surface area (Å²) in [6.45, 7) is 0. The zero-order valence-electron chi connectivity index (χ0n) is 7.87. The van der Waals surface area contributed by atoms with Crippen LogP contribution in [0.2, 0.25) is 0 Å². The highest BCUT2D eigenvalue weighted by Gasteiger charge is 2.09. The molecule has 0 unspecified atom stereocenters. The zero-order chi connectivity index (χ0) is 11.1. The van der Waals surface area contributed by atoms with E-state index in [-0.39, 0.29) is 5.82 Å². The summed E-state index contributed by atoms with van der Waals surface area (Å²) in [6.07, 6.45) is 1.73. The molecule has 0 saturated carbocycles. The van der Waals surface area contributed by atoms with Crippen molar-refractivity contribution in [2.24, 2.45) is 0 Å². The molecule has 0 fully saturated rings. The number of imidazole rings is 1. The Balaban J connectivity index is 2.23. The highest BCUT2D eigenvalue weighted by atomic mass is 79.9. The molecule has 0 aliphatic carbocycles. The van der Waals surface area contributed by atoms with Gasteiger partial charge in [-0.05, 0) is 22.0 Å². The Bertz CT molecular complexity index is 608. The van der Waals surface area contributed by atoms with Crippen LogP contribution in [0.4, 0.5) is 4.39 Å². The average Bonchev–Trinajstić information content (AvgIpc) is 2.86. The van der Waals surface area contributed by atoms with E-state index in [4.69, 9.17) is 0 Å². The zero-order valence-corrected chi connectivity index (χ0v) is 10.3. The Morgan fingerprint density at radius 3 is 3.00 bits per heavy atom. The van der Waals surface area contributed by atoms with Gasteiger partial charge in [-0.1, -0.05) is 0 Å². The second-order valence-corrected chi connectivity index (χ2v) is 4.98. The Kier molecular flexibility index (Phi) is 2.26. The Hall–Kier alpha value is -1.27. The molecular weight excluding hydrogens is 293 g/mol. The van der Waals surface area contributed by atoms with E-state index in [9.17, 15) is 4.39 Å². The molecule has 0 aliphatic heterocycles. The molecule has 2 aromatic heterocycles. The van der Waals surface area contributed by atoms with E-state index in [1.807, 2.05) is 0 Å². The molecule has 0 aliphatic rings. The summed E-state index contributed by atoms with van der Waals surface area (Å²) >= 11 is 4.63. The SMILES string of the molecule is Fc1cc2[nH]c(-c3cncs3)nc2cc1Br. The van der Waals surface area contributed by atoms with Gasteiger partial charge in [0.05, 0.1) is 25.9 Å².